The van der Waals surface area contributed by atoms with Gasteiger partial charge in [0.2, 0.25) is 0 Å². The Labute approximate surface area is 163 Å². The number of rotatable bonds is 3. The molecule has 0 bridgehead atoms. The lowest BCUT2D eigenvalue weighted by Gasteiger charge is -2.19. The molecule has 0 aromatic heterocycles. The van der Waals surface area contributed by atoms with Gasteiger partial charge >= 0.3 is 12.2 Å². The van der Waals surface area contributed by atoms with Gasteiger partial charge in [-0.25, -0.2) is 9.59 Å². The monoisotopic (exact) mass is 378 g/mol. The van der Waals surface area contributed by atoms with E-state index in [0.29, 0.717) is 17.1 Å². The van der Waals surface area contributed by atoms with E-state index in [1.54, 1.807) is 36.4 Å². The van der Waals surface area contributed by atoms with E-state index >= 15 is 0 Å². The third kappa shape index (κ3) is 5.48. The van der Waals surface area contributed by atoms with Crippen molar-refractivity contribution >= 4 is 34.3 Å². The fraction of sp³-hybridized carbons (Fsp3) is 0.182. The van der Waals surface area contributed by atoms with E-state index in [2.05, 4.69) is 10.6 Å². The molecular weight excluding hydrogens is 356 g/mol. The first-order chi connectivity index (χ1) is 13.3. The standard InChI is InChI=1S/C22H22N2O4/c1-22(2,3)28-21(26)24-18-12-10-15-13-17(11-9-16(15)14-18)23-20(25)27-19-7-5-4-6-8-19/h4-14H,1-3H3,(H,23,25)(H,24,26). The molecule has 0 aliphatic carbocycles. The van der Waals surface area contributed by atoms with Crippen molar-refractivity contribution in [2.24, 2.45) is 0 Å². The van der Waals surface area contributed by atoms with Gasteiger partial charge in [-0.3, -0.25) is 10.6 Å². The molecule has 0 atom stereocenters. The molecule has 6 heteroatoms. The Morgan fingerprint density at radius 2 is 1.29 bits per heavy atom. The predicted octanol–water partition coefficient (Wildman–Crippen LogP) is 5.80. The second kappa shape index (κ2) is 8.00. The van der Waals surface area contributed by atoms with Crippen molar-refractivity contribution in [3.8, 4) is 5.75 Å². The summed E-state index contributed by atoms with van der Waals surface area (Å²) in [6, 6.07) is 19.8. The molecule has 3 aromatic rings. The van der Waals surface area contributed by atoms with E-state index < -0.39 is 17.8 Å². The summed E-state index contributed by atoms with van der Waals surface area (Å²) in [4.78, 5) is 23.9. The van der Waals surface area contributed by atoms with Crippen LogP contribution in [-0.4, -0.2) is 17.8 Å². The summed E-state index contributed by atoms with van der Waals surface area (Å²) in [5.41, 5.74) is 0.683. The smallest absolute Gasteiger partial charge is 0.417 e. The molecular formula is C22H22N2O4. The van der Waals surface area contributed by atoms with Crippen molar-refractivity contribution in [3.63, 3.8) is 0 Å². The zero-order chi connectivity index (χ0) is 20.1. The van der Waals surface area contributed by atoms with Crippen molar-refractivity contribution in [2.45, 2.75) is 26.4 Å². The third-order valence-electron chi connectivity index (χ3n) is 3.69. The highest BCUT2D eigenvalue weighted by molar-refractivity contribution is 5.95. The fourth-order valence-electron chi connectivity index (χ4n) is 2.56. The molecule has 3 aromatic carbocycles. The van der Waals surface area contributed by atoms with E-state index in [4.69, 9.17) is 9.47 Å². The molecule has 0 radical (unpaired) electrons. The highest BCUT2D eigenvalue weighted by Crippen LogP contribution is 2.23. The molecule has 0 saturated carbocycles. The number of nitrogens with one attached hydrogen (secondary N) is 2. The van der Waals surface area contributed by atoms with Crippen LogP contribution in [0.1, 0.15) is 20.8 Å². The van der Waals surface area contributed by atoms with Gasteiger partial charge in [-0.15, -0.1) is 0 Å². The Balaban J connectivity index is 1.67. The molecule has 0 aliphatic rings. The molecule has 28 heavy (non-hydrogen) atoms. The number of hydrogen-bond acceptors (Lipinski definition) is 4. The number of carbonyl (C=O) groups is 2. The largest absolute Gasteiger partial charge is 0.444 e. The minimum atomic E-state index is -0.561. The number of carbonyl (C=O) groups excluding carboxylic acids is 2. The molecule has 0 unspecified atom stereocenters. The molecule has 0 heterocycles. The summed E-state index contributed by atoms with van der Waals surface area (Å²) in [7, 11) is 0. The molecule has 3 rings (SSSR count). The van der Waals surface area contributed by atoms with Gasteiger partial charge in [-0.1, -0.05) is 30.3 Å². The molecule has 2 amide bonds. The number of benzene rings is 3. The van der Waals surface area contributed by atoms with E-state index in [0.717, 1.165) is 10.8 Å². The molecule has 0 fully saturated rings. The Kier molecular flexibility index (Phi) is 5.49. The average molecular weight is 378 g/mol. The van der Waals surface area contributed by atoms with Crippen molar-refractivity contribution in [1.29, 1.82) is 0 Å². The van der Waals surface area contributed by atoms with Crippen LogP contribution in [0.25, 0.3) is 10.8 Å². The van der Waals surface area contributed by atoms with Crippen molar-refractivity contribution in [2.75, 3.05) is 10.6 Å². The van der Waals surface area contributed by atoms with E-state index in [1.807, 2.05) is 51.1 Å². The zero-order valence-corrected chi connectivity index (χ0v) is 16.0. The van der Waals surface area contributed by atoms with Gasteiger partial charge in [0, 0.05) is 11.4 Å². The average Bonchev–Trinajstić information content (AvgIpc) is 2.61. The predicted molar refractivity (Wildman–Crippen MR) is 110 cm³/mol. The van der Waals surface area contributed by atoms with Crippen LogP contribution in [-0.2, 0) is 4.74 Å². The van der Waals surface area contributed by atoms with Crippen LogP contribution in [0, 0.1) is 0 Å². The molecule has 0 aliphatic heterocycles. The minimum absolute atomic E-state index is 0.471. The Hall–Kier alpha value is -3.54. The summed E-state index contributed by atoms with van der Waals surface area (Å²) in [5.74, 6) is 0.471. The van der Waals surface area contributed by atoms with Gasteiger partial charge in [0.05, 0.1) is 0 Å². The number of anilines is 2. The Morgan fingerprint density at radius 1 is 0.750 bits per heavy atom. The summed E-state index contributed by atoms with van der Waals surface area (Å²) in [6.45, 7) is 5.43. The van der Waals surface area contributed by atoms with Crippen LogP contribution in [0.15, 0.2) is 66.7 Å². The zero-order valence-electron chi connectivity index (χ0n) is 16.0. The van der Waals surface area contributed by atoms with E-state index in [9.17, 15) is 9.59 Å². The molecule has 2 N–H and O–H groups in total. The minimum Gasteiger partial charge on any atom is -0.444 e. The number of amides is 2. The van der Waals surface area contributed by atoms with Crippen molar-refractivity contribution < 1.29 is 19.1 Å². The van der Waals surface area contributed by atoms with Gasteiger partial charge in [0.15, 0.2) is 0 Å². The summed E-state index contributed by atoms with van der Waals surface area (Å²) in [6.07, 6.45) is -1.07. The number of fused-ring (bicyclic) bond motifs is 1. The first kappa shape index (κ1) is 19.2. The van der Waals surface area contributed by atoms with E-state index in [-0.39, 0.29) is 0 Å². The van der Waals surface area contributed by atoms with Gasteiger partial charge in [0.1, 0.15) is 11.4 Å². The highest BCUT2D eigenvalue weighted by Gasteiger charge is 2.16. The maximum absolute atomic E-state index is 12.0. The van der Waals surface area contributed by atoms with Gasteiger partial charge in [0.25, 0.3) is 0 Å². The Bertz CT molecular complexity index is 994. The topological polar surface area (TPSA) is 76.7 Å². The summed E-state index contributed by atoms with van der Waals surface area (Å²) >= 11 is 0. The first-order valence-electron chi connectivity index (χ1n) is 8.86. The Morgan fingerprint density at radius 3 is 1.82 bits per heavy atom. The SMILES string of the molecule is CC(C)(C)OC(=O)Nc1ccc2cc(NC(=O)Oc3ccccc3)ccc2c1. The van der Waals surface area contributed by atoms with Crippen LogP contribution >= 0.6 is 0 Å². The van der Waals surface area contributed by atoms with Crippen molar-refractivity contribution in [3.05, 3.63) is 66.7 Å². The summed E-state index contributed by atoms with van der Waals surface area (Å²) < 4.78 is 10.5. The van der Waals surface area contributed by atoms with Crippen molar-refractivity contribution in [1.82, 2.24) is 0 Å². The first-order valence-corrected chi connectivity index (χ1v) is 8.86. The normalized spacial score (nSPS) is 11.0. The molecule has 144 valence electrons. The number of ether oxygens (including phenoxy) is 2. The number of para-hydroxylation sites is 1. The number of hydrogen-bond donors (Lipinski definition) is 2. The lowest BCUT2D eigenvalue weighted by Crippen LogP contribution is -2.27. The summed E-state index contributed by atoms with van der Waals surface area (Å²) in [5, 5.41) is 7.24. The van der Waals surface area contributed by atoms with Crippen LogP contribution in [0.4, 0.5) is 21.0 Å². The maximum atomic E-state index is 12.0. The molecule has 0 spiro atoms. The van der Waals surface area contributed by atoms with Crippen LogP contribution in [0.3, 0.4) is 0 Å². The highest BCUT2D eigenvalue weighted by atomic mass is 16.6. The lowest BCUT2D eigenvalue weighted by molar-refractivity contribution is 0.0636. The second-order valence-corrected chi connectivity index (χ2v) is 7.23. The third-order valence-corrected chi connectivity index (χ3v) is 3.69. The second-order valence-electron chi connectivity index (χ2n) is 7.23. The van der Waals surface area contributed by atoms with Gasteiger partial charge < -0.3 is 9.47 Å². The van der Waals surface area contributed by atoms with Crippen LogP contribution in [0.2, 0.25) is 0 Å². The fourth-order valence-corrected chi connectivity index (χ4v) is 2.56. The quantitative estimate of drug-likeness (QED) is 0.604. The maximum Gasteiger partial charge on any atom is 0.417 e. The molecule has 6 nitrogen and oxygen atoms in total. The van der Waals surface area contributed by atoms with E-state index in [1.165, 1.54) is 0 Å². The van der Waals surface area contributed by atoms with Crippen LogP contribution in [0.5, 0.6) is 5.75 Å². The van der Waals surface area contributed by atoms with Gasteiger partial charge in [-0.05, 0) is 67.9 Å². The van der Waals surface area contributed by atoms with Crippen LogP contribution < -0.4 is 15.4 Å². The van der Waals surface area contributed by atoms with Gasteiger partial charge in [-0.2, -0.15) is 0 Å². The molecule has 0 saturated heterocycles. The lowest BCUT2D eigenvalue weighted by atomic mass is 10.1.